The average molecular weight is 267 g/mol. The summed E-state index contributed by atoms with van der Waals surface area (Å²) in [6.07, 6.45) is 7.02. The van der Waals surface area contributed by atoms with Crippen LogP contribution in [0.2, 0.25) is 0 Å². The normalized spacial score (nSPS) is 10.8. The van der Waals surface area contributed by atoms with E-state index in [0.29, 0.717) is 5.92 Å². The van der Waals surface area contributed by atoms with E-state index in [1.54, 1.807) is 11.8 Å². The summed E-state index contributed by atoms with van der Waals surface area (Å²) in [6, 6.07) is 0. The van der Waals surface area contributed by atoms with Crippen LogP contribution in [-0.4, -0.2) is 39.0 Å². The fraction of sp³-hybridized carbons (Fsp3) is 0.750. The first-order valence-corrected chi connectivity index (χ1v) is 7.25. The molecule has 0 saturated carbocycles. The Morgan fingerprint density at radius 1 is 1.50 bits per heavy atom. The van der Waals surface area contributed by atoms with Crippen LogP contribution in [0.15, 0.2) is 5.16 Å². The summed E-state index contributed by atoms with van der Waals surface area (Å²) in [5, 5.41) is 16.0. The first kappa shape index (κ1) is 15.0. The smallest absolute Gasteiger partial charge is 0.209 e. The third kappa shape index (κ3) is 6.03. The Morgan fingerprint density at radius 3 is 3.06 bits per heavy atom. The van der Waals surface area contributed by atoms with Gasteiger partial charge < -0.3 is 5.32 Å². The first-order valence-electron chi connectivity index (χ1n) is 6.27. The van der Waals surface area contributed by atoms with Crippen molar-refractivity contribution in [2.45, 2.75) is 38.4 Å². The van der Waals surface area contributed by atoms with Crippen molar-refractivity contribution in [3.63, 3.8) is 0 Å². The van der Waals surface area contributed by atoms with Crippen molar-refractivity contribution in [1.82, 2.24) is 25.5 Å². The van der Waals surface area contributed by atoms with Crippen LogP contribution in [-0.2, 0) is 6.54 Å². The quantitative estimate of drug-likeness (QED) is 0.417. The summed E-state index contributed by atoms with van der Waals surface area (Å²) < 4.78 is 1.84. The molecule has 0 aliphatic heterocycles. The van der Waals surface area contributed by atoms with Crippen LogP contribution < -0.4 is 5.32 Å². The monoisotopic (exact) mass is 267 g/mol. The van der Waals surface area contributed by atoms with Gasteiger partial charge in [-0.3, -0.25) is 0 Å². The van der Waals surface area contributed by atoms with Crippen molar-refractivity contribution in [1.29, 1.82) is 0 Å². The Balaban J connectivity index is 2.24. The third-order valence-corrected chi connectivity index (χ3v) is 3.29. The Kier molecular flexibility index (Phi) is 7.46. The van der Waals surface area contributed by atoms with Gasteiger partial charge >= 0.3 is 0 Å². The number of rotatable bonds is 9. The van der Waals surface area contributed by atoms with Gasteiger partial charge in [0.1, 0.15) is 0 Å². The van der Waals surface area contributed by atoms with Crippen molar-refractivity contribution in [2.75, 3.05) is 18.8 Å². The summed E-state index contributed by atoms with van der Waals surface area (Å²) in [7, 11) is 0. The number of thioether (sulfide) groups is 1. The van der Waals surface area contributed by atoms with E-state index in [9.17, 15) is 0 Å². The SMILES string of the molecule is C#CCCCSc1nnnn1CCNCC(C)C. The lowest BCUT2D eigenvalue weighted by atomic mass is 10.2. The molecule has 0 radical (unpaired) electrons. The average Bonchev–Trinajstić information content (AvgIpc) is 2.78. The lowest BCUT2D eigenvalue weighted by Crippen LogP contribution is -2.24. The van der Waals surface area contributed by atoms with E-state index < -0.39 is 0 Å². The number of tetrazole rings is 1. The second kappa shape index (κ2) is 8.95. The molecule has 1 aromatic rings. The van der Waals surface area contributed by atoms with E-state index in [1.165, 1.54) is 0 Å². The number of hydrogen-bond donors (Lipinski definition) is 1. The van der Waals surface area contributed by atoms with Crippen molar-refractivity contribution in [2.24, 2.45) is 5.92 Å². The molecule has 0 atom stereocenters. The highest BCUT2D eigenvalue weighted by Crippen LogP contribution is 2.14. The van der Waals surface area contributed by atoms with Crippen LogP contribution in [0.1, 0.15) is 26.7 Å². The highest BCUT2D eigenvalue weighted by atomic mass is 32.2. The maximum absolute atomic E-state index is 5.21. The van der Waals surface area contributed by atoms with Gasteiger partial charge in [0.25, 0.3) is 0 Å². The first-order chi connectivity index (χ1) is 8.74. The number of unbranched alkanes of at least 4 members (excludes halogenated alkanes) is 1. The van der Waals surface area contributed by atoms with Crippen LogP contribution in [0.25, 0.3) is 0 Å². The van der Waals surface area contributed by atoms with Gasteiger partial charge in [-0.1, -0.05) is 25.6 Å². The van der Waals surface area contributed by atoms with E-state index in [4.69, 9.17) is 6.42 Å². The third-order valence-electron chi connectivity index (χ3n) is 2.25. The molecule has 1 aromatic heterocycles. The zero-order valence-electron chi connectivity index (χ0n) is 11.1. The van der Waals surface area contributed by atoms with Gasteiger partial charge in [-0.2, -0.15) is 0 Å². The van der Waals surface area contributed by atoms with E-state index in [0.717, 1.165) is 43.4 Å². The van der Waals surface area contributed by atoms with Crippen LogP contribution in [0.3, 0.4) is 0 Å². The highest BCUT2D eigenvalue weighted by Gasteiger charge is 2.05. The van der Waals surface area contributed by atoms with Gasteiger partial charge in [-0.05, 0) is 29.3 Å². The van der Waals surface area contributed by atoms with Crippen LogP contribution in [0.5, 0.6) is 0 Å². The second-order valence-electron chi connectivity index (χ2n) is 4.44. The standard InChI is InChI=1S/C12H21N5S/c1-4-5-6-9-18-12-14-15-16-17(12)8-7-13-10-11(2)3/h1,11,13H,5-10H2,2-3H3. The zero-order chi connectivity index (χ0) is 13.2. The van der Waals surface area contributed by atoms with Crippen LogP contribution in [0.4, 0.5) is 0 Å². The molecule has 0 spiro atoms. The number of hydrogen-bond acceptors (Lipinski definition) is 5. The summed E-state index contributed by atoms with van der Waals surface area (Å²) >= 11 is 1.66. The summed E-state index contributed by atoms with van der Waals surface area (Å²) in [4.78, 5) is 0. The molecule has 1 rings (SSSR count). The van der Waals surface area contributed by atoms with Crippen molar-refractivity contribution in [3.8, 4) is 12.3 Å². The molecular formula is C12H21N5S. The van der Waals surface area contributed by atoms with Gasteiger partial charge in [0.15, 0.2) is 0 Å². The predicted molar refractivity (Wildman–Crippen MR) is 74.3 cm³/mol. The molecule has 1 heterocycles. The van der Waals surface area contributed by atoms with Crippen molar-refractivity contribution in [3.05, 3.63) is 0 Å². The van der Waals surface area contributed by atoms with E-state index in [-0.39, 0.29) is 0 Å². The van der Waals surface area contributed by atoms with Crippen molar-refractivity contribution >= 4 is 11.8 Å². The topological polar surface area (TPSA) is 55.6 Å². The Hall–Kier alpha value is -1.06. The molecule has 18 heavy (non-hydrogen) atoms. The summed E-state index contributed by atoms with van der Waals surface area (Å²) in [5.74, 6) is 4.26. The molecule has 0 unspecified atom stereocenters. The molecule has 1 N–H and O–H groups in total. The second-order valence-corrected chi connectivity index (χ2v) is 5.50. The minimum absolute atomic E-state index is 0.663. The zero-order valence-corrected chi connectivity index (χ0v) is 11.9. The van der Waals surface area contributed by atoms with Crippen LogP contribution in [0, 0.1) is 18.3 Å². The molecular weight excluding hydrogens is 246 g/mol. The number of terminal acetylenes is 1. The van der Waals surface area contributed by atoms with Gasteiger partial charge in [-0.15, -0.1) is 17.4 Å². The Morgan fingerprint density at radius 2 is 2.33 bits per heavy atom. The van der Waals surface area contributed by atoms with Gasteiger partial charge in [0.05, 0.1) is 6.54 Å². The fourth-order valence-electron chi connectivity index (χ4n) is 1.35. The van der Waals surface area contributed by atoms with E-state index in [2.05, 4.69) is 40.6 Å². The minimum atomic E-state index is 0.663. The van der Waals surface area contributed by atoms with E-state index in [1.807, 2.05) is 4.68 Å². The lowest BCUT2D eigenvalue weighted by Gasteiger charge is -2.07. The minimum Gasteiger partial charge on any atom is -0.315 e. The molecule has 0 fully saturated rings. The predicted octanol–water partition coefficient (Wildman–Crippen LogP) is 1.42. The lowest BCUT2D eigenvalue weighted by molar-refractivity contribution is 0.482. The Labute approximate surface area is 113 Å². The molecule has 0 saturated heterocycles. The fourth-order valence-corrected chi connectivity index (χ4v) is 2.20. The molecule has 0 bridgehead atoms. The highest BCUT2D eigenvalue weighted by molar-refractivity contribution is 7.99. The molecule has 0 amide bonds. The Bertz CT molecular complexity index is 369. The summed E-state index contributed by atoms with van der Waals surface area (Å²) in [6.45, 7) is 7.10. The van der Waals surface area contributed by atoms with Crippen LogP contribution >= 0.6 is 11.8 Å². The molecule has 0 aromatic carbocycles. The maximum Gasteiger partial charge on any atom is 0.209 e. The number of nitrogens with one attached hydrogen (secondary N) is 1. The molecule has 0 aliphatic rings. The molecule has 6 heteroatoms. The molecule has 100 valence electrons. The largest absolute Gasteiger partial charge is 0.315 e. The van der Waals surface area contributed by atoms with Gasteiger partial charge in [0.2, 0.25) is 5.16 Å². The number of aromatic nitrogens is 4. The number of nitrogens with zero attached hydrogens (tertiary/aromatic N) is 4. The summed E-state index contributed by atoms with van der Waals surface area (Å²) in [5.41, 5.74) is 0. The maximum atomic E-state index is 5.21. The van der Waals surface area contributed by atoms with Gasteiger partial charge in [0, 0.05) is 18.7 Å². The van der Waals surface area contributed by atoms with E-state index >= 15 is 0 Å². The molecule has 5 nitrogen and oxygen atoms in total. The van der Waals surface area contributed by atoms with Crippen molar-refractivity contribution < 1.29 is 0 Å². The molecule has 0 aliphatic carbocycles. The van der Waals surface area contributed by atoms with Gasteiger partial charge in [-0.25, -0.2) is 4.68 Å².